The topological polar surface area (TPSA) is 63.8 Å². The maximum Gasteiger partial charge on any atom is 0.277 e. The van der Waals surface area contributed by atoms with Crippen molar-refractivity contribution in [3.63, 3.8) is 0 Å². The molecule has 0 aliphatic rings. The zero-order valence-corrected chi connectivity index (χ0v) is 14.9. The average molecular weight is 433 g/mol. The van der Waals surface area contributed by atoms with Crippen LogP contribution in [0.1, 0.15) is 16.9 Å². The first-order valence-electron chi connectivity index (χ1n) is 6.42. The van der Waals surface area contributed by atoms with Crippen LogP contribution < -0.4 is 10.2 Å². The molecule has 0 bridgehead atoms. The minimum absolute atomic E-state index is 0.131. The molecule has 2 rings (SSSR count). The number of nitrogens with one attached hydrogen (secondary N) is 1. The third-order valence-corrected chi connectivity index (χ3v) is 3.93. The molecule has 0 unspecified atom stereocenters. The maximum absolute atomic E-state index is 11.6. The Bertz CT molecular complexity index is 690. The molecular weight excluding hydrogens is 419 g/mol. The number of halogens is 2. The molecule has 7 heteroatoms. The first-order valence-corrected chi connectivity index (χ1v) is 7.88. The summed E-state index contributed by atoms with van der Waals surface area (Å²) in [6, 6.07) is 7.14. The van der Waals surface area contributed by atoms with E-state index in [2.05, 4.69) is 10.5 Å². The second-order valence-corrected chi connectivity index (χ2v) is 6.04. The Hall–Kier alpha value is -1.54. The van der Waals surface area contributed by atoms with Gasteiger partial charge in [-0.25, -0.2) is 5.43 Å². The van der Waals surface area contributed by atoms with Crippen LogP contribution in [0.2, 0.25) is 5.02 Å². The van der Waals surface area contributed by atoms with Gasteiger partial charge in [0, 0.05) is 5.02 Å². The molecule has 5 nitrogen and oxygen atoms in total. The van der Waals surface area contributed by atoms with Crippen LogP contribution in [-0.2, 0) is 4.79 Å². The van der Waals surface area contributed by atoms with Crippen molar-refractivity contribution < 1.29 is 13.9 Å². The lowest BCUT2D eigenvalue weighted by atomic mass is 10.1. The maximum atomic E-state index is 11.6. The van der Waals surface area contributed by atoms with Crippen LogP contribution in [0.25, 0.3) is 0 Å². The van der Waals surface area contributed by atoms with Crippen LogP contribution >= 0.6 is 34.2 Å². The van der Waals surface area contributed by atoms with Crippen LogP contribution in [0.3, 0.4) is 0 Å². The number of aryl methyl sites for hydroxylation is 2. The van der Waals surface area contributed by atoms with Crippen molar-refractivity contribution in [3.8, 4) is 5.75 Å². The van der Waals surface area contributed by atoms with Crippen molar-refractivity contribution in [1.82, 2.24) is 5.43 Å². The molecule has 2 aromatic rings. The largest absolute Gasteiger partial charge is 0.484 e. The Balaban J connectivity index is 1.84. The Labute approximate surface area is 146 Å². The summed E-state index contributed by atoms with van der Waals surface area (Å²) < 4.78 is 11.4. The number of hydrazone groups is 1. The summed E-state index contributed by atoms with van der Waals surface area (Å²) in [5, 5.41) is 4.50. The molecular formula is C15H14ClIN2O3. The molecule has 116 valence electrons. The highest BCUT2D eigenvalue weighted by molar-refractivity contribution is 14.1. The number of carbonyl (C=O) groups is 1. The van der Waals surface area contributed by atoms with Gasteiger partial charge in [0.05, 0.1) is 6.21 Å². The summed E-state index contributed by atoms with van der Waals surface area (Å²) in [5.41, 5.74) is 4.18. The van der Waals surface area contributed by atoms with Gasteiger partial charge >= 0.3 is 0 Å². The summed E-state index contributed by atoms with van der Waals surface area (Å²) in [4.78, 5) is 11.6. The summed E-state index contributed by atoms with van der Waals surface area (Å²) >= 11 is 8.13. The zero-order chi connectivity index (χ0) is 16.1. The summed E-state index contributed by atoms with van der Waals surface area (Å²) in [7, 11) is 0. The fourth-order valence-corrected chi connectivity index (χ4v) is 2.28. The third kappa shape index (κ3) is 4.74. The van der Waals surface area contributed by atoms with Crippen LogP contribution in [0.4, 0.5) is 0 Å². The van der Waals surface area contributed by atoms with Crippen molar-refractivity contribution in [2.75, 3.05) is 6.61 Å². The molecule has 0 fully saturated rings. The Morgan fingerprint density at radius 3 is 2.68 bits per heavy atom. The lowest BCUT2D eigenvalue weighted by Gasteiger charge is -2.09. The highest BCUT2D eigenvalue weighted by Crippen LogP contribution is 2.25. The number of hydrogen-bond donors (Lipinski definition) is 1. The molecule has 0 radical (unpaired) electrons. The third-order valence-electron chi connectivity index (χ3n) is 2.75. The van der Waals surface area contributed by atoms with Gasteiger partial charge < -0.3 is 9.15 Å². The Morgan fingerprint density at radius 2 is 2.09 bits per heavy atom. The van der Waals surface area contributed by atoms with Gasteiger partial charge in [-0.3, -0.25) is 4.79 Å². The van der Waals surface area contributed by atoms with Crippen LogP contribution in [0.5, 0.6) is 5.75 Å². The predicted molar refractivity (Wildman–Crippen MR) is 93.6 cm³/mol. The highest BCUT2D eigenvalue weighted by atomic mass is 127. The van der Waals surface area contributed by atoms with Gasteiger partial charge in [0.1, 0.15) is 11.5 Å². The molecule has 1 aromatic carbocycles. The fraction of sp³-hybridized carbons (Fsp3) is 0.200. The summed E-state index contributed by atoms with van der Waals surface area (Å²) in [6.07, 6.45) is 1.43. The normalized spacial score (nSPS) is 10.9. The molecule has 0 spiro atoms. The molecule has 0 saturated carbocycles. The number of ether oxygens (including phenoxy) is 1. The second-order valence-electron chi connectivity index (χ2n) is 4.59. The van der Waals surface area contributed by atoms with Gasteiger partial charge in [-0.15, -0.1) is 0 Å². The van der Waals surface area contributed by atoms with Crippen molar-refractivity contribution in [3.05, 3.63) is 49.9 Å². The predicted octanol–water partition coefficient (Wildman–Crippen LogP) is 3.68. The summed E-state index contributed by atoms with van der Waals surface area (Å²) in [5.74, 6) is 0.802. The van der Waals surface area contributed by atoms with E-state index in [0.29, 0.717) is 16.5 Å². The minimum atomic E-state index is -0.359. The number of nitrogens with zero attached hydrogens (tertiary/aromatic N) is 1. The molecule has 1 N–H and O–H groups in total. The van der Waals surface area contributed by atoms with E-state index in [9.17, 15) is 4.79 Å². The second kappa shape index (κ2) is 7.64. The van der Waals surface area contributed by atoms with E-state index in [1.54, 1.807) is 24.3 Å². The van der Waals surface area contributed by atoms with E-state index in [-0.39, 0.29) is 12.5 Å². The lowest BCUT2D eigenvalue weighted by molar-refractivity contribution is -0.123. The highest BCUT2D eigenvalue weighted by Gasteiger charge is 2.06. The number of benzene rings is 1. The van der Waals surface area contributed by atoms with Crippen LogP contribution in [0.15, 0.2) is 33.8 Å². The molecule has 0 saturated heterocycles. The minimum Gasteiger partial charge on any atom is -0.484 e. The molecule has 1 amide bonds. The standard InChI is InChI=1S/C15H14ClIN2O3/c1-9-5-12(6-10(2)15(9)16)21-8-14(20)19-18-7-11-3-4-13(17)22-11/h3-7H,8H2,1-2H3,(H,19,20)/b18-7+. The monoisotopic (exact) mass is 432 g/mol. The molecule has 0 aliphatic carbocycles. The SMILES string of the molecule is Cc1cc(OCC(=O)N/N=C/c2ccc(I)o2)cc(C)c1Cl. The molecule has 22 heavy (non-hydrogen) atoms. The van der Waals surface area contributed by atoms with Gasteiger partial charge in [-0.2, -0.15) is 5.10 Å². The van der Waals surface area contributed by atoms with Gasteiger partial charge in [0.25, 0.3) is 5.91 Å². The van der Waals surface area contributed by atoms with E-state index in [4.69, 9.17) is 20.8 Å². The first kappa shape index (κ1) is 16.8. The van der Waals surface area contributed by atoms with Gasteiger partial charge in [0.15, 0.2) is 10.4 Å². The van der Waals surface area contributed by atoms with Crippen LogP contribution in [-0.4, -0.2) is 18.7 Å². The number of rotatable bonds is 5. The van der Waals surface area contributed by atoms with Gasteiger partial charge in [0.2, 0.25) is 0 Å². The Kier molecular flexibility index (Phi) is 5.84. The number of hydrogen-bond acceptors (Lipinski definition) is 4. The lowest BCUT2D eigenvalue weighted by Crippen LogP contribution is -2.24. The van der Waals surface area contributed by atoms with Gasteiger partial charge in [-0.1, -0.05) is 11.6 Å². The van der Waals surface area contributed by atoms with Crippen molar-refractivity contribution in [1.29, 1.82) is 0 Å². The molecule has 0 atom stereocenters. The van der Waals surface area contributed by atoms with Gasteiger partial charge in [-0.05, 0) is 71.8 Å². The average Bonchev–Trinajstić information content (AvgIpc) is 2.88. The molecule has 1 heterocycles. The smallest absolute Gasteiger partial charge is 0.277 e. The number of furan rings is 1. The number of carbonyl (C=O) groups excluding carboxylic acids is 1. The Morgan fingerprint density at radius 1 is 1.41 bits per heavy atom. The molecule has 1 aromatic heterocycles. The van der Waals surface area contributed by atoms with Crippen molar-refractivity contribution >= 4 is 46.3 Å². The van der Waals surface area contributed by atoms with E-state index >= 15 is 0 Å². The summed E-state index contributed by atoms with van der Waals surface area (Å²) in [6.45, 7) is 3.64. The van der Waals surface area contributed by atoms with E-state index in [0.717, 1.165) is 14.9 Å². The quantitative estimate of drug-likeness (QED) is 0.445. The first-order chi connectivity index (χ1) is 10.5. The van der Waals surface area contributed by atoms with E-state index in [1.807, 2.05) is 36.4 Å². The molecule has 0 aliphatic heterocycles. The van der Waals surface area contributed by atoms with Crippen molar-refractivity contribution in [2.24, 2.45) is 5.10 Å². The number of amides is 1. The van der Waals surface area contributed by atoms with E-state index in [1.165, 1.54) is 6.21 Å². The van der Waals surface area contributed by atoms with Crippen LogP contribution in [0, 0.1) is 17.6 Å². The van der Waals surface area contributed by atoms with Crippen molar-refractivity contribution in [2.45, 2.75) is 13.8 Å². The zero-order valence-electron chi connectivity index (χ0n) is 12.0. The fourth-order valence-electron chi connectivity index (χ4n) is 1.74. The van der Waals surface area contributed by atoms with E-state index < -0.39 is 0 Å².